The fourth-order valence-electron chi connectivity index (χ4n) is 6.86. The molecule has 462 valence electrons. The number of benzene rings is 5. The lowest BCUT2D eigenvalue weighted by Crippen LogP contribution is -2.10. The highest BCUT2D eigenvalue weighted by Crippen LogP contribution is 2.24. The van der Waals surface area contributed by atoms with Gasteiger partial charge in [-0.1, -0.05) is 270 Å². The number of aromatic nitrogens is 6. The Labute approximate surface area is 518 Å². The summed E-state index contributed by atoms with van der Waals surface area (Å²) < 4.78 is 8.45. The molecule has 0 spiro atoms. The van der Waals surface area contributed by atoms with Gasteiger partial charge in [-0.15, -0.1) is 0 Å². The van der Waals surface area contributed by atoms with Crippen molar-refractivity contribution in [1.29, 1.82) is 0 Å². The average molecular weight is 1150 g/mol. The van der Waals surface area contributed by atoms with Crippen LogP contribution in [0.2, 0.25) is 0 Å². The first-order chi connectivity index (χ1) is 38.8. The molecule has 0 saturated carbocycles. The van der Waals surface area contributed by atoms with Crippen molar-refractivity contribution < 1.29 is 4.42 Å². The van der Waals surface area contributed by atoms with Crippen molar-refractivity contribution >= 4 is 11.9 Å². The molecule has 10 rings (SSSR count). The van der Waals surface area contributed by atoms with Crippen molar-refractivity contribution in [2.24, 2.45) is 24.3 Å². The number of furan rings is 1. The summed E-state index contributed by atoms with van der Waals surface area (Å²) in [7, 11) is 3.84. The summed E-state index contributed by atoms with van der Waals surface area (Å²) in [5, 5.41) is 15.3. The molecule has 0 atom stereocenters. The molecule has 0 radical (unpaired) electrons. The summed E-state index contributed by atoms with van der Waals surface area (Å²) in [6.45, 7) is 43.1. The zero-order valence-corrected chi connectivity index (χ0v) is 55.0. The maximum atomic E-state index is 4.83. The van der Waals surface area contributed by atoms with Gasteiger partial charge >= 0.3 is 0 Å². The quantitative estimate of drug-likeness (QED) is 0.151. The second kappa shape index (κ2) is 41.3. The van der Waals surface area contributed by atoms with E-state index in [9.17, 15) is 0 Å². The molecule has 9 nitrogen and oxygen atoms in total. The summed E-state index contributed by atoms with van der Waals surface area (Å²) in [6.07, 6.45) is 11.5. The van der Waals surface area contributed by atoms with Gasteiger partial charge in [-0.25, -0.2) is 9.97 Å². The van der Waals surface area contributed by atoms with Crippen LogP contribution >= 0.6 is 0 Å². The van der Waals surface area contributed by atoms with E-state index in [4.69, 9.17) is 4.42 Å². The van der Waals surface area contributed by atoms with E-state index >= 15 is 0 Å². The summed E-state index contributed by atoms with van der Waals surface area (Å²) in [5.41, 5.74) is 11.9. The molecule has 0 amide bonds. The van der Waals surface area contributed by atoms with Gasteiger partial charge in [0, 0.05) is 62.9 Å². The Morgan fingerprint density at radius 1 is 0.412 bits per heavy atom. The summed E-state index contributed by atoms with van der Waals surface area (Å²) in [6, 6.07) is 62.3. The molecule has 5 aromatic carbocycles. The molecule has 9 heteroatoms. The van der Waals surface area contributed by atoms with Crippen LogP contribution in [0.4, 0.5) is 0 Å². The van der Waals surface area contributed by atoms with Crippen LogP contribution in [0, 0.1) is 27.7 Å². The summed E-state index contributed by atoms with van der Waals surface area (Å²) in [4.78, 5) is 7.74. The molecule has 0 aliphatic carbocycles. The fourth-order valence-corrected chi connectivity index (χ4v) is 6.86. The zero-order valence-electron chi connectivity index (χ0n) is 55.0. The molecular weight excluding hydrogens is 1040 g/mol. The van der Waals surface area contributed by atoms with E-state index < -0.39 is 0 Å². The first-order valence-electron chi connectivity index (χ1n) is 28.8. The van der Waals surface area contributed by atoms with Crippen LogP contribution in [0.15, 0.2) is 228 Å². The van der Waals surface area contributed by atoms with Crippen molar-refractivity contribution in [2.75, 3.05) is 0 Å². The van der Waals surface area contributed by atoms with E-state index in [-0.39, 0.29) is 14.9 Å². The second-order valence-electron chi connectivity index (χ2n) is 25.2. The minimum absolute atomic E-state index is 0. The molecule has 85 heavy (non-hydrogen) atoms. The van der Waals surface area contributed by atoms with Crippen LogP contribution in [0.5, 0.6) is 0 Å². The van der Waals surface area contributed by atoms with Gasteiger partial charge in [0.1, 0.15) is 11.6 Å². The van der Waals surface area contributed by atoms with Crippen LogP contribution in [0.3, 0.4) is 0 Å². The molecule has 1 aliphatic rings. The van der Waals surface area contributed by atoms with E-state index in [1.807, 2.05) is 77.8 Å². The van der Waals surface area contributed by atoms with Gasteiger partial charge in [-0.05, 0) is 120 Å². The number of hydrogen-bond acceptors (Lipinski definition) is 7. The normalized spacial score (nSPS) is 11.0. The smallest absolute Gasteiger partial charge is 0.125 e. The SMILES string of the molecule is C.C.CC(C)(C)c1ccccc1.CC(C)(C)c1ccccc1.CC(C)(C)c1ccccc1.CC(C)(C)c1ccccc1.CC(C)(C)c1ccccc1.CC1=NN=CC1.Cc1cc(C)n(C)n1.Cc1ccco1.Cc1ncccn1.Cn1cccn1. The molecule has 5 heterocycles. The van der Waals surface area contributed by atoms with E-state index in [2.05, 4.69) is 292 Å². The van der Waals surface area contributed by atoms with Gasteiger partial charge in [-0.3, -0.25) is 9.36 Å². The van der Waals surface area contributed by atoms with Crippen molar-refractivity contribution in [2.45, 2.75) is 187 Å². The maximum Gasteiger partial charge on any atom is 0.125 e. The number of rotatable bonds is 0. The molecule has 0 fully saturated rings. The first-order valence-corrected chi connectivity index (χ1v) is 28.8. The van der Waals surface area contributed by atoms with Crippen LogP contribution in [-0.2, 0) is 41.2 Å². The van der Waals surface area contributed by atoms with Gasteiger partial charge in [0.15, 0.2) is 0 Å². The molecule has 0 saturated heterocycles. The Balaban J connectivity index is 0. The zero-order chi connectivity index (χ0) is 62.5. The van der Waals surface area contributed by atoms with Crippen molar-refractivity contribution in [3.63, 3.8) is 0 Å². The van der Waals surface area contributed by atoms with E-state index in [0.29, 0.717) is 27.1 Å². The molecule has 4 aromatic heterocycles. The second-order valence-corrected chi connectivity index (χ2v) is 25.2. The first kappa shape index (κ1) is 79.3. The third-order valence-corrected chi connectivity index (χ3v) is 12.1. The summed E-state index contributed by atoms with van der Waals surface area (Å²) in [5.74, 6) is 1.79. The Kier molecular flexibility index (Phi) is 38.5. The van der Waals surface area contributed by atoms with Crippen molar-refractivity contribution in [3.8, 4) is 0 Å². The number of nitrogens with zero attached hydrogens (tertiary/aromatic N) is 8. The predicted molar refractivity (Wildman–Crippen MR) is 371 cm³/mol. The molecule has 1 aliphatic heterocycles. The molecular formula is C76H112N8O. The van der Waals surface area contributed by atoms with E-state index in [0.717, 1.165) is 29.4 Å². The lowest BCUT2D eigenvalue weighted by molar-refractivity contribution is 0.534. The lowest BCUT2D eigenvalue weighted by Gasteiger charge is -2.18. The van der Waals surface area contributed by atoms with Gasteiger partial charge in [-0.2, -0.15) is 20.4 Å². The predicted octanol–water partition coefficient (Wildman–Crippen LogP) is 20.9. The van der Waals surface area contributed by atoms with Gasteiger partial charge in [0.25, 0.3) is 0 Å². The molecule has 0 unspecified atom stereocenters. The number of aryl methyl sites for hydroxylation is 6. The van der Waals surface area contributed by atoms with E-state index in [1.54, 1.807) is 41.8 Å². The molecule has 9 aromatic rings. The lowest BCUT2D eigenvalue weighted by atomic mass is 9.87. The Hall–Kier alpha value is -7.78. The van der Waals surface area contributed by atoms with Crippen molar-refractivity contribution in [3.05, 3.63) is 264 Å². The fraction of sp³-hybridized carbons (Fsp3) is 0.395. The van der Waals surface area contributed by atoms with Crippen LogP contribution < -0.4 is 0 Å². The van der Waals surface area contributed by atoms with Crippen LogP contribution in [0.1, 0.15) is 183 Å². The largest absolute Gasteiger partial charge is 0.470 e. The number of hydrogen-bond donors (Lipinski definition) is 0. The van der Waals surface area contributed by atoms with E-state index in [1.165, 1.54) is 33.5 Å². The van der Waals surface area contributed by atoms with Crippen LogP contribution in [-0.4, -0.2) is 41.5 Å². The molecule has 0 bridgehead atoms. The highest BCUT2D eigenvalue weighted by Gasteiger charge is 2.14. The monoisotopic (exact) mass is 1150 g/mol. The third kappa shape index (κ3) is 39.4. The van der Waals surface area contributed by atoms with Crippen LogP contribution in [0.25, 0.3) is 0 Å². The van der Waals surface area contributed by atoms with Crippen molar-refractivity contribution in [1.82, 2.24) is 29.5 Å². The highest BCUT2D eigenvalue weighted by atomic mass is 16.3. The Morgan fingerprint density at radius 2 is 0.753 bits per heavy atom. The van der Waals surface area contributed by atoms with Gasteiger partial charge < -0.3 is 4.42 Å². The topological polar surface area (TPSA) is 99.3 Å². The minimum Gasteiger partial charge on any atom is -0.470 e. The third-order valence-electron chi connectivity index (χ3n) is 12.1. The average Bonchev–Trinajstić information content (AvgIpc) is 4.41. The Bertz CT molecular complexity index is 2670. The maximum absolute atomic E-state index is 4.83. The highest BCUT2D eigenvalue weighted by molar-refractivity contribution is 5.96. The summed E-state index contributed by atoms with van der Waals surface area (Å²) >= 11 is 0. The van der Waals surface area contributed by atoms with Gasteiger partial charge in [0.2, 0.25) is 0 Å². The van der Waals surface area contributed by atoms with Gasteiger partial charge in [0.05, 0.1) is 12.0 Å². The standard InChI is InChI=1S/5C10H14.C6H10N2.C5H6N2.C5H6O.2C4H6N2.2CH4/c5*1-10(2,3)9-7-5-4-6-8-9;1-5-4-6(2)8(3)7-5;1-5-6-3-2-4-7-5;1-5-3-2-4-6-5;1-6-4-2-3-5-6;1-4-2-3-5-6-4;;/h5*4-8H,1-3H3;4H,1-3H3;2-4H,1H3;2*2-4H,1H3;3H,2H2,1H3;2*1H4. The Morgan fingerprint density at radius 3 is 0.859 bits per heavy atom. The molecule has 0 N–H and O–H groups in total. The minimum atomic E-state index is 0.